The van der Waals surface area contributed by atoms with Crippen LogP contribution in [0, 0.1) is 5.92 Å². The van der Waals surface area contributed by atoms with E-state index in [1.165, 1.54) is 45.6 Å². The maximum Gasteiger partial charge on any atom is 0.0605 e. The molecule has 0 atom stereocenters. The second kappa shape index (κ2) is 8.73. The first-order valence-corrected chi connectivity index (χ1v) is 9.09. The summed E-state index contributed by atoms with van der Waals surface area (Å²) < 4.78 is 5.99. The lowest BCUT2D eigenvalue weighted by Crippen LogP contribution is -2.49. The summed E-state index contributed by atoms with van der Waals surface area (Å²) in [5.41, 5.74) is 0. The smallest absolute Gasteiger partial charge is 0.0605 e. The van der Waals surface area contributed by atoms with Crippen LogP contribution < -0.4 is 0 Å². The molecule has 0 spiro atoms. The lowest BCUT2D eigenvalue weighted by molar-refractivity contribution is -0.0491. The SMILES string of the molecule is CC(C)CN1CCN(CCOC2CC(N(C)CS)C2)CC1. The Morgan fingerprint density at radius 1 is 1.14 bits per heavy atom. The van der Waals surface area contributed by atoms with Crippen molar-refractivity contribution in [2.24, 2.45) is 5.92 Å². The van der Waals surface area contributed by atoms with Gasteiger partial charge in [-0.2, -0.15) is 12.6 Å². The number of hydrogen-bond donors (Lipinski definition) is 1. The fourth-order valence-corrected chi connectivity index (χ4v) is 3.44. The van der Waals surface area contributed by atoms with E-state index >= 15 is 0 Å². The van der Waals surface area contributed by atoms with Gasteiger partial charge in [-0.25, -0.2) is 0 Å². The molecule has 124 valence electrons. The second-order valence-electron chi connectivity index (χ2n) is 7.05. The van der Waals surface area contributed by atoms with Gasteiger partial charge in [0.25, 0.3) is 0 Å². The first-order chi connectivity index (χ1) is 10.1. The molecule has 0 amide bonds. The summed E-state index contributed by atoms with van der Waals surface area (Å²) in [4.78, 5) is 7.44. The largest absolute Gasteiger partial charge is 0.377 e. The Labute approximate surface area is 136 Å². The van der Waals surface area contributed by atoms with Crippen LogP contribution in [-0.4, -0.2) is 85.6 Å². The quantitative estimate of drug-likeness (QED) is 0.542. The van der Waals surface area contributed by atoms with Gasteiger partial charge in [0, 0.05) is 51.2 Å². The molecule has 1 heterocycles. The monoisotopic (exact) mass is 315 g/mol. The average Bonchev–Trinajstić information content (AvgIpc) is 2.41. The van der Waals surface area contributed by atoms with Crippen LogP contribution in [0.3, 0.4) is 0 Å². The number of nitrogens with zero attached hydrogens (tertiary/aromatic N) is 3. The molecule has 0 aromatic rings. The zero-order chi connectivity index (χ0) is 15.2. The highest BCUT2D eigenvalue weighted by atomic mass is 32.1. The first-order valence-electron chi connectivity index (χ1n) is 8.46. The Morgan fingerprint density at radius 2 is 1.76 bits per heavy atom. The van der Waals surface area contributed by atoms with Crippen molar-refractivity contribution in [3.63, 3.8) is 0 Å². The highest BCUT2D eigenvalue weighted by Gasteiger charge is 2.32. The molecule has 0 bridgehead atoms. The van der Waals surface area contributed by atoms with Crippen molar-refractivity contribution in [1.82, 2.24) is 14.7 Å². The van der Waals surface area contributed by atoms with Crippen LogP contribution in [-0.2, 0) is 4.74 Å². The normalized spacial score (nSPS) is 28.3. The molecule has 5 heteroatoms. The average molecular weight is 316 g/mol. The molecule has 1 saturated heterocycles. The van der Waals surface area contributed by atoms with E-state index in [-0.39, 0.29) is 0 Å². The van der Waals surface area contributed by atoms with E-state index < -0.39 is 0 Å². The summed E-state index contributed by atoms with van der Waals surface area (Å²) in [5.74, 6) is 1.62. The van der Waals surface area contributed by atoms with Gasteiger partial charge in [-0.1, -0.05) is 13.8 Å². The fraction of sp³-hybridized carbons (Fsp3) is 1.00. The molecule has 2 fully saturated rings. The fourth-order valence-electron chi connectivity index (χ4n) is 3.21. The minimum atomic E-state index is 0.486. The zero-order valence-corrected chi connectivity index (χ0v) is 14.9. The Balaban J connectivity index is 1.49. The van der Waals surface area contributed by atoms with Crippen molar-refractivity contribution in [3.05, 3.63) is 0 Å². The second-order valence-corrected chi connectivity index (χ2v) is 7.34. The van der Waals surface area contributed by atoms with Crippen LogP contribution in [0.15, 0.2) is 0 Å². The summed E-state index contributed by atoms with van der Waals surface area (Å²) in [6.07, 6.45) is 2.85. The Bertz CT molecular complexity index is 289. The predicted octanol–water partition coefficient (Wildman–Crippen LogP) is 1.63. The molecule has 0 aromatic heterocycles. The molecule has 4 nitrogen and oxygen atoms in total. The molecule has 21 heavy (non-hydrogen) atoms. The van der Waals surface area contributed by atoms with E-state index in [1.807, 2.05) is 0 Å². The van der Waals surface area contributed by atoms with Gasteiger partial charge >= 0.3 is 0 Å². The number of rotatable bonds is 8. The van der Waals surface area contributed by atoms with Gasteiger partial charge in [0.05, 0.1) is 12.7 Å². The third kappa shape index (κ3) is 5.71. The van der Waals surface area contributed by atoms with Crippen LogP contribution in [0.25, 0.3) is 0 Å². The zero-order valence-electron chi connectivity index (χ0n) is 14.0. The maximum absolute atomic E-state index is 5.99. The van der Waals surface area contributed by atoms with Gasteiger partial charge in [-0.05, 0) is 25.8 Å². The van der Waals surface area contributed by atoms with Gasteiger partial charge in [0.2, 0.25) is 0 Å². The van der Waals surface area contributed by atoms with Gasteiger partial charge in [0.1, 0.15) is 0 Å². The van der Waals surface area contributed by atoms with Crippen LogP contribution in [0.4, 0.5) is 0 Å². The first kappa shape index (κ1) is 17.5. The molecule has 0 aromatic carbocycles. The Kier molecular flexibility index (Phi) is 7.29. The van der Waals surface area contributed by atoms with E-state index in [4.69, 9.17) is 4.74 Å². The standard InChI is InChI=1S/C16H33N3OS/c1-14(2)12-19-6-4-18(5-7-19)8-9-20-16-10-15(11-16)17(3)13-21/h14-16,21H,4-13H2,1-3H3. The van der Waals surface area contributed by atoms with E-state index in [1.54, 1.807) is 0 Å². The van der Waals surface area contributed by atoms with Gasteiger partial charge in [-0.3, -0.25) is 9.80 Å². The topological polar surface area (TPSA) is 19.0 Å². The van der Waals surface area contributed by atoms with Crippen LogP contribution in [0.5, 0.6) is 0 Å². The summed E-state index contributed by atoms with van der Waals surface area (Å²) >= 11 is 4.31. The van der Waals surface area contributed by atoms with Crippen LogP contribution >= 0.6 is 12.6 Å². The molecule has 1 aliphatic heterocycles. The summed E-state index contributed by atoms with van der Waals surface area (Å²) in [6.45, 7) is 12.7. The van der Waals surface area contributed by atoms with Crippen molar-refractivity contribution in [2.45, 2.75) is 38.8 Å². The molecule has 1 saturated carbocycles. The molecule has 1 aliphatic carbocycles. The molecule has 0 N–H and O–H groups in total. The van der Waals surface area contributed by atoms with E-state index in [0.29, 0.717) is 12.1 Å². The highest BCUT2D eigenvalue weighted by Crippen LogP contribution is 2.27. The Morgan fingerprint density at radius 3 is 2.33 bits per heavy atom. The molecule has 0 radical (unpaired) electrons. The van der Waals surface area contributed by atoms with Gasteiger partial charge < -0.3 is 9.64 Å². The van der Waals surface area contributed by atoms with Crippen LogP contribution in [0.2, 0.25) is 0 Å². The number of hydrogen-bond acceptors (Lipinski definition) is 5. The lowest BCUT2D eigenvalue weighted by Gasteiger charge is -2.41. The maximum atomic E-state index is 5.99. The summed E-state index contributed by atoms with van der Waals surface area (Å²) in [7, 11) is 2.14. The minimum Gasteiger partial charge on any atom is -0.377 e. The van der Waals surface area contributed by atoms with Crippen molar-refractivity contribution < 1.29 is 4.74 Å². The molecular weight excluding hydrogens is 282 g/mol. The number of thiol groups is 1. The predicted molar refractivity (Wildman–Crippen MR) is 92.1 cm³/mol. The number of piperazine rings is 1. The van der Waals surface area contributed by atoms with E-state index in [2.05, 4.69) is 48.2 Å². The molecule has 0 unspecified atom stereocenters. The summed E-state index contributed by atoms with van der Waals surface area (Å²) in [6, 6.07) is 0.687. The molecule has 2 rings (SSSR count). The minimum absolute atomic E-state index is 0.486. The summed E-state index contributed by atoms with van der Waals surface area (Å²) in [5, 5.41) is 0. The van der Waals surface area contributed by atoms with Crippen molar-refractivity contribution >= 4 is 12.6 Å². The van der Waals surface area contributed by atoms with Gasteiger partial charge in [0.15, 0.2) is 0 Å². The van der Waals surface area contributed by atoms with Crippen LogP contribution in [0.1, 0.15) is 26.7 Å². The van der Waals surface area contributed by atoms with E-state index in [9.17, 15) is 0 Å². The Hall–Kier alpha value is 0.190. The van der Waals surface area contributed by atoms with Crippen molar-refractivity contribution in [1.29, 1.82) is 0 Å². The number of ether oxygens (including phenoxy) is 1. The van der Waals surface area contributed by atoms with Crippen molar-refractivity contribution in [3.8, 4) is 0 Å². The molecular formula is C16H33N3OS. The lowest BCUT2D eigenvalue weighted by atomic mass is 9.88. The van der Waals surface area contributed by atoms with Gasteiger partial charge in [-0.15, -0.1) is 0 Å². The molecule has 2 aliphatic rings. The highest BCUT2D eigenvalue weighted by molar-refractivity contribution is 7.80. The third-order valence-electron chi connectivity index (χ3n) is 4.77. The van der Waals surface area contributed by atoms with Crippen molar-refractivity contribution in [2.75, 3.05) is 58.8 Å². The van der Waals surface area contributed by atoms with E-state index in [0.717, 1.165) is 24.9 Å². The third-order valence-corrected chi connectivity index (χ3v) is 5.21.